The predicted molar refractivity (Wildman–Crippen MR) is 133 cm³/mol. The summed E-state index contributed by atoms with van der Waals surface area (Å²) in [6.07, 6.45) is 0.706. The maximum Gasteiger partial charge on any atom is 0.274 e. The van der Waals surface area contributed by atoms with E-state index in [0.29, 0.717) is 30.4 Å². The summed E-state index contributed by atoms with van der Waals surface area (Å²) >= 11 is 0. The Morgan fingerprint density at radius 2 is 2.00 bits per heavy atom. The molecule has 3 aliphatic carbocycles. The lowest BCUT2D eigenvalue weighted by molar-refractivity contribution is -0.129. The zero-order valence-electron chi connectivity index (χ0n) is 19.9. The van der Waals surface area contributed by atoms with E-state index in [0.717, 1.165) is 6.42 Å². The molecule has 5 N–H and O–H groups in total. The van der Waals surface area contributed by atoms with Crippen LogP contribution >= 0.6 is 0 Å². The number of alkyl halides is 2. The topological polar surface area (TPSA) is 145 Å². The number of nitrogen functional groups attached to an aromatic ring is 1. The number of carbonyl (C=O) groups excluding carboxylic acids is 1. The SMILES string of the molecule is BC(B)(B)c1ccc(C(O)(CO)C(F)F)cc1-c1cnc(N)c(C(=O)NC23CCC(C#N)(C2)C3)n1. The number of nitrogens with one attached hydrogen (secondary N) is 1. The van der Waals surface area contributed by atoms with Crippen LogP contribution in [0.4, 0.5) is 14.6 Å². The van der Waals surface area contributed by atoms with E-state index in [4.69, 9.17) is 5.73 Å². The Morgan fingerprint density at radius 1 is 1.31 bits per heavy atom. The number of aromatic nitrogens is 2. The van der Waals surface area contributed by atoms with Gasteiger partial charge < -0.3 is 21.3 Å². The monoisotopic (exact) mass is 479 g/mol. The van der Waals surface area contributed by atoms with Crippen LogP contribution in [-0.4, -0.2) is 68.2 Å². The molecule has 5 rings (SSSR count). The zero-order chi connectivity index (χ0) is 25.8. The lowest BCUT2D eigenvalue weighted by Crippen LogP contribution is -2.55. The van der Waals surface area contributed by atoms with Gasteiger partial charge in [-0.25, -0.2) is 18.7 Å². The number of anilines is 1. The Labute approximate surface area is 204 Å². The van der Waals surface area contributed by atoms with Crippen LogP contribution in [0.1, 0.15) is 47.3 Å². The van der Waals surface area contributed by atoms with Crippen molar-refractivity contribution in [3.63, 3.8) is 0 Å². The number of benzene rings is 1. The van der Waals surface area contributed by atoms with E-state index in [1.807, 2.05) is 23.5 Å². The van der Waals surface area contributed by atoms with Crippen molar-refractivity contribution in [3.05, 3.63) is 41.2 Å². The molecule has 0 spiro atoms. The van der Waals surface area contributed by atoms with Gasteiger partial charge in [0.1, 0.15) is 0 Å². The fraction of sp³-hybridized carbons (Fsp3) is 0.455. The summed E-state index contributed by atoms with van der Waals surface area (Å²) in [7, 11) is 5.77. The number of carbonyl (C=O) groups is 1. The van der Waals surface area contributed by atoms with Crippen molar-refractivity contribution in [1.82, 2.24) is 15.3 Å². The minimum Gasteiger partial charge on any atom is -0.393 e. The van der Waals surface area contributed by atoms with Crippen molar-refractivity contribution in [2.24, 2.45) is 5.41 Å². The van der Waals surface area contributed by atoms with Crippen LogP contribution in [0, 0.1) is 16.7 Å². The van der Waals surface area contributed by atoms with Crippen molar-refractivity contribution in [2.45, 2.75) is 48.4 Å². The summed E-state index contributed by atoms with van der Waals surface area (Å²) in [5, 5.41) is 31.8. The average Bonchev–Trinajstić information content (AvgIpc) is 3.33. The van der Waals surface area contributed by atoms with E-state index >= 15 is 0 Å². The smallest absolute Gasteiger partial charge is 0.274 e. The molecule has 1 atom stereocenters. The third-order valence-electron chi connectivity index (χ3n) is 7.27. The second kappa shape index (κ2) is 8.31. The molecular formula is C22H26B3F2N5O3. The lowest BCUT2D eigenvalue weighted by Gasteiger charge is -2.43. The minimum atomic E-state index is -3.23. The van der Waals surface area contributed by atoms with Crippen molar-refractivity contribution in [2.75, 3.05) is 12.3 Å². The van der Waals surface area contributed by atoms with Gasteiger partial charge in [-0.05, 0) is 37.3 Å². The summed E-state index contributed by atoms with van der Waals surface area (Å²) < 4.78 is 27.2. The number of nitrogens with zero attached hydrogens (tertiary/aromatic N) is 3. The molecule has 3 aliphatic rings. The van der Waals surface area contributed by atoms with Crippen molar-refractivity contribution >= 4 is 35.3 Å². The molecule has 2 aromatic rings. The first-order valence-corrected chi connectivity index (χ1v) is 11.4. The highest BCUT2D eigenvalue weighted by Gasteiger charge is 2.62. The fourth-order valence-corrected chi connectivity index (χ4v) is 5.32. The van der Waals surface area contributed by atoms with Crippen LogP contribution in [0.3, 0.4) is 0 Å². The highest BCUT2D eigenvalue weighted by Crippen LogP contribution is 2.61. The molecule has 13 heteroatoms. The summed E-state index contributed by atoms with van der Waals surface area (Å²) in [6, 6.07) is 6.63. The van der Waals surface area contributed by atoms with Crippen LogP contribution in [-0.2, 0) is 10.7 Å². The summed E-state index contributed by atoms with van der Waals surface area (Å²) in [6.45, 7) is -1.17. The molecule has 1 amide bonds. The molecule has 3 fully saturated rings. The normalized spacial score (nSPS) is 24.9. The highest BCUT2D eigenvalue weighted by atomic mass is 19.3. The lowest BCUT2D eigenvalue weighted by atomic mass is 9.39. The fourth-order valence-electron chi connectivity index (χ4n) is 5.32. The van der Waals surface area contributed by atoms with E-state index in [2.05, 4.69) is 21.4 Å². The van der Waals surface area contributed by atoms with E-state index in [1.165, 1.54) is 18.3 Å². The van der Waals surface area contributed by atoms with Gasteiger partial charge in [0.25, 0.3) is 12.3 Å². The highest BCUT2D eigenvalue weighted by molar-refractivity contribution is 6.59. The number of fused-ring (bicyclic) bond motifs is 1. The Balaban J connectivity index is 1.75. The number of halogens is 2. The van der Waals surface area contributed by atoms with Gasteiger partial charge in [0.15, 0.2) is 17.1 Å². The van der Waals surface area contributed by atoms with Gasteiger partial charge in [0.2, 0.25) is 0 Å². The van der Waals surface area contributed by atoms with Crippen LogP contribution < -0.4 is 11.1 Å². The zero-order valence-corrected chi connectivity index (χ0v) is 19.9. The number of nitriles is 1. The molecule has 180 valence electrons. The summed E-state index contributed by atoms with van der Waals surface area (Å²) in [4.78, 5) is 21.7. The van der Waals surface area contributed by atoms with Crippen molar-refractivity contribution in [1.29, 1.82) is 5.26 Å². The molecule has 2 bridgehead atoms. The van der Waals surface area contributed by atoms with Crippen molar-refractivity contribution in [3.8, 4) is 17.3 Å². The van der Waals surface area contributed by atoms with Crippen LogP contribution in [0.5, 0.6) is 0 Å². The van der Waals surface area contributed by atoms with E-state index in [-0.39, 0.29) is 28.2 Å². The third-order valence-corrected chi connectivity index (χ3v) is 7.27. The van der Waals surface area contributed by atoms with Gasteiger partial charge in [-0.3, -0.25) is 4.79 Å². The van der Waals surface area contributed by atoms with Gasteiger partial charge in [-0.15, -0.1) is 0 Å². The predicted octanol–water partition coefficient (Wildman–Crippen LogP) is -1.25. The molecule has 0 radical (unpaired) electrons. The number of nitrogens with two attached hydrogens (primary N) is 1. The molecule has 8 nitrogen and oxygen atoms in total. The first kappa shape index (κ1) is 25.1. The molecule has 1 aromatic heterocycles. The first-order valence-electron chi connectivity index (χ1n) is 11.4. The number of aliphatic hydroxyl groups is 2. The number of aliphatic hydroxyl groups excluding tert-OH is 1. The molecule has 35 heavy (non-hydrogen) atoms. The Hall–Kier alpha value is -2.97. The summed E-state index contributed by atoms with van der Waals surface area (Å²) in [5.74, 6) is -0.599. The van der Waals surface area contributed by atoms with Gasteiger partial charge in [-0.2, -0.15) is 5.26 Å². The maximum absolute atomic E-state index is 13.6. The number of hydrogen-bond donors (Lipinski definition) is 4. The average molecular weight is 479 g/mol. The minimum absolute atomic E-state index is 0.0839. The second-order valence-electron chi connectivity index (χ2n) is 10.9. The van der Waals surface area contributed by atoms with E-state index in [1.54, 1.807) is 6.07 Å². The van der Waals surface area contributed by atoms with E-state index in [9.17, 15) is 29.1 Å². The number of rotatable bonds is 7. The molecule has 1 aromatic carbocycles. The van der Waals surface area contributed by atoms with Gasteiger partial charge in [0.05, 0.1) is 53.5 Å². The summed E-state index contributed by atoms with van der Waals surface area (Å²) in [5.41, 5.74) is 3.42. The molecule has 1 unspecified atom stereocenters. The van der Waals surface area contributed by atoms with Gasteiger partial charge in [0, 0.05) is 11.1 Å². The Morgan fingerprint density at radius 3 is 2.54 bits per heavy atom. The molecular weight excluding hydrogens is 453 g/mol. The second-order valence-corrected chi connectivity index (χ2v) is 10.9. The molecule has 0 saturated heterocycles. The maximum atomic E-state index is 13.6. The van der Waals surface area contributed by atoms with Crippen molar-refractivity contribution < 1.29 is 23.8 Å². The standard InChI is InChI=1S/C22H26B3F2N5O3/c23-22(24,25)13-2-1-11(21(35,10-33)18(26)27)5-12(13)14-6-30-16(29)15(31-14)17(34)32-20-4-3-19(7-20,8-20)9-28/h1-2,5-6,18,33,35H,3-4,7-8,10,23-25H2,(H2,29,30)(H,32,34). The van der Waals surface area contributed by atoms with Crippen LogP contribution in [0.2, 0.25) is 0 Å². The third kappa shape index (κ3) is 4.19. The number of amides is 1. The quantitative estimate of drug-likeness (QED) is 0.364. The van der Waals surface area contributed by atoms with Crippen LogP contribution in [0.25, 0.3) is 11.3 Å². The van der Waals surface area contributed by atoms with Gasteiger partial charge >= 0.3 is 0 Å². The molecule has 0 aliphatic heterocycles. The molecule has 1 heterocycles. The van der Waals surface area contributed by atoms with E-state index < -0.39 is 35.2 Å². The largest absolute Gasteiger partial charge is 0.393 e. The van der Waals surface area contributed by atoms with Gasteiger partial charge in [-0.1, -0.05) is 22.8 Å². The number of hydrogen-bond acceptors (Lipinski definition) is 7. The van der Waals surface area contributed by atoms with Crippen LogP contribution in [0.15, 0.2) is 24.4 Å². The Kier molecular flexibility index (Phi) is 5.97. The Bertz CT molecular complexity index is 1230. The first-order chi connectivity index (χ1) is 16.3. The molecule has 3 saturated carbocycles.